The van der Waals surface area contributed by atoms with E-state index >= 15 is 0 Å². The summed E-state index contributed by atoms with van der Waals surface area (Å²) in [7, 11) is -2.45. The van der Waals surface area contributed by atoms with E-state index in [1.165, 1.54) is 0 Å². The van der Waals surface area contributed by atoms with Gasteiger partial charge in [-0.1, -0.05) is 11.6 Å². The zero-order valence-corrected chi connectivity index (χ0v) is 13.4. The molecule has 0 unspecified atom stereocenters. The first kappa shape index (κ1) is 17.5. The van der Waals surface area contributed by atoms with E-state index in [-0.39, 0.29) is 24.0 Å². The third-order valence-corrected chi connectivity index (χ3v) is 5.76. The van der Waals surface area contributed by atoms with Crippen LogP contribution in [0.15, 0.2) is 23.1 Å². The molecule has 0 amide bonds. The SMILES string of the molecule is CNC[C@@H]1CCN(S(=O)(=O)c2ccc(Cl)cc2C(F)(F)F)C1. The van der Waals surface area contributed by atoms with Gasteiger partial charge in [0.25, 0.3) is 0 Å². The second kappa shape index (κ2) is 6.35. The number of halogens is 4. The first-order valence-corrected chi connectivity index (χ1v) is 8.49. The van der Waals surface area contributed by atoms with Gasteiger partial charge in [0.15, 0.2) is 0 Å². The highest BCUT2D eigenvalue weighted by Gasteiger charge is 2.40. The maximum atomic E-state index is 13.1. The zero-order chi connectivity index (χ0) is 16.5. The largest absolute Gasteiger partial charge is 0.417 e. The average Bonchev–Trinajstić information content (AvgIpc) is 2.87. The van der Waals surface area contributed by atoms with Crippen molar-refractivity contribution in [3.05, 3.63) is 28.8 Å². The molecule has 1 aliphatic heterocycles. The topological polar surface area (TPSA) is 49.4 Å². The number of sulfonamides is 1. The van der Waals surface area contributed by atoms with Gasteiger partial charge in [-0.3, -0.25) is 0 Å². The van der Waals surface area contributed by atoms with Gasteiger partial charge in [0.1, 0.15) is 0 Å². The van der Waals surface area contributed by atoms with Crippen LogP contribution in [0.5, 0.6) is 0 Å². The van der Waals surface area contributed by atoms with Crippen molar-refractivity contribution >= 4 is 21.6 Å². The summed E-state index contributed by atoms with van der Waals surface area (Å²) in [6.07, 6.45) is -4.16. The smallest absolute Gasteiger partial charge is 0.319 e. The molecular weight excluding hydrogens is 341 g/mol. The molecule has 4 nitrogen and oxygen atoms in total. The van der Waals surface area contributed by atoms with Gasteiger partial charge in [-0.25, -0.2) is 8.42 Å². The molecule has 0 aliphatic carbocycles. The van der Waals surface area contributed by atoms with E-state index in [1.807, 2.05) is 0 Å². The molecular formula is C13H16ClF3N2O2S. The molecule has 0 aromatic heterocycles. The van der Waals surface area contributed by atoms with Gasteiger partial charge in [0, 0.05) is 18.1 Å². The molecule has 0 saturated carbocycles. The minimum Gasteiger partial charge on any atom is -0.319 e. The second-order valence-electron chi connectivity index (χ2n) is 5.21. The number of nitrogens with one attached hydrogen (secondary N) is 1. The maximum absolute atomic E-state index is 13.1. The molecule has 1 saturated heterocycles. The highest BCUT2D eigenvalue weighted by atomic mass is 35.5. The van der Waals surface area contributed by atoms with Crippen LogP contribution in [-0.2, 0) is 16.2 Å². The Morgan fingerprint density at radius 2 is 2.09 bits per heavy atom. The Labute approximate surface area is 132 Å². The van der Waals surface area contributed by atoms with Crippen LogP contribution in [0.2, 0.25) is 5.02 Å². The van der Waals surface area contributed by atoms with Crippen LogP contribution >= 0.6 is 11.6 Å². The van der Waals surface area contributed by atoms with Gasteiger partial charge in [0.2, 0.25) is 10.0 Å². The van der Waals surface area contributed by atoms with Crippen LogP contribution < -0.4 is 5.32 Å². The van der Waals surface area contributed by atoms with Gasteiger partial charge in [0.05, 0.1) is 10.5 Å². The summed E-state index contributed by atoms with van der Waals surface area (Å²) in [4.78, 5) is -0.741. The summed E-state index contributed by atoms with van der Waals surface area (Å²) in [5, 5.41) is 2.79. The molecule has 1 aliphatic rings. The molecule has 1 aromatic carbocycles. The van der Waals surface area contributed by atoms with Crippen LogP contribution in [0.3, 0.4) is 0 Å². The molecule has 9 heteroatoms. The first-order valence-electron chi connectivity index (χ1n) is 6.67. The molecule has 0 spiro atoms. The predicted molar refractivity (Wildman–Crippen MR) is 77.2 cm³/mol. The summed E-state index contributed by atoms with van der Waals surface area (Å²) in [6.45, 7) is 1.05. The first-order chi connectivity index (χ1) is 10.2. The molecule has 2 rings (SSSR count). The van der Waals surface area contributed by atoms with E-state index in [2.05, 4.69) is 5.32 Å². The van der Waals surface area contributed by atoms with Crippen molar-refractivity contribution in [1.29, 1.82) is 0 Å². The third kappa shape index (κ3) is 3.56. The van der Waals surface area contributed by atoms with Crippen LogP contribution in [0, 0.1) is 5.92 Å². The monoisotopic (exact) mass is 356 g/mol. The third-order valence-electron chi connectivity index (χ3n) is 3.61. The van der Waals surface area contributed by atoms with Crippen molar-refractivity contribution in [2.45, 2.75) is 17.5 Å². The Hall–Kier alpha value is -0.830. The highest BCUT2D eigenvalue weighted by molar-refractivity contribution is 7.89. The summed E-state index contributed by atoms with van der Waals surface area (Å²) in [6, 6.07) is 2.73. The quantitative estimate of drug-likeness (QED) is 0.902. The molecule has 1 heterocycles. The Kier molecular flexibility index (Phi) is 5.06. The average molecular weight is 357 g/mol. The van der Waals surface area contributed by atoms with Gasteiger partial charge < -0.3 is 5.32 Å². The zero-order valence-electron chi connectivity index (χ0n) is 11.8. The van der Waals surface area contributed by atoms with Crippen molar-refractivity contribution in [2.24, 2.45) is 5.92 Å². The Morgan fingerprint density at radius 3 is 2.68 bits per heavy atom. The molecule has 1 N–H and O–H groups in total. The molecule has 1 fully saturated rings. The van der Waals surface area contributed by atoms with E-state index in [0.717, 1.165) is 16.4 Å². The van der Waals surface area contributed by atoms with Gasteiger partial charge in [-0.05, 0) is 44.1 Å². The summed E-state index contributed by atoms with van der Waals surface area (Å²) in [5.74, 6) is 0.0985. The number of hydrogen-bond acceptors (Lipinski definition) is 3. The lowest BCUT2D eigenvalue weighted by atomic mass is 10.1. The summed E-state index contributed by atoms with van der Waals surface area (Å²) < 4.78 is 65.4. The molecule has 1 aromatic rings. The van der Waals surface area contributed by atoms with E-state index in [1.54, 1.807) is 7.05 Å². The Balaban J connectivity index is 2.39. The molecule has 1 atom stereocenters. The van der Waals surface area contributed by atoms with Crippen molar-refractivity contribution < 1.29 is 21.6 Å². The minimum absolute atomic E-state index is 0.0985. The van der Waals surface area contributed by atoms with Crippen LogP contribution in [-0.4, -0.2) is 39.4 Å². The fourth-order valence-corrected chi connectivity index (χ4v) is 4.45. The van der Waals surface area contributed by atoms with E-state index in [0.29, 0.717) is 19.0 Å². The van der Waals surface area contributed by atoms with E-state index < -0.39 is 26.7 Å². The molecule has 124 valence electrons. The second-order valence-corrected chi connectivity index (χ2v) is 7.56. The van der Waals surface area contributed by atoms with E-state index in [4.69, 9.17) is 11.6 Å². The molecule has 22 heavy (non-hydrogen) atoms. The predicted octanol–water partition coefficient (Wildman–Crippen LogP) is 2.59. The lowest BCUT2D eigenvalue weighted by Gasteiger charge is -2.20. The minimum atomic E-state index is -4.78. The lowest BCUT2D eigenvalue weighted by molar-refractivity contribution is -0.139. The maximum Gasteiger partial charge on any atom is 0.417 e. The fraction of sp³-hybridized carbons (Fsp3) is 0.538. The Morgan fingerprint density at radius 1 is 1.41 bits per heavy atom. The van der Waals surface area contributed by atoms with Gasteiger partial charge in [-0.2, -0.15) is 17.5 Å². The number of hydrogen-bond donors (Lipinski definition) is 1. The van der Waals surface area contributed by atoms with Crippen molar-refractivity contribution in [3.8, 4) is 0 Å². The number of alkyl halides is 3. The van der Waals surface area contributed by atoms with E-state index in [9.17, 15) is 21.6 Å². The van der Waals surface area contributed by atoms with Crippen LogP contribution in [0.1, 0.15) is 12.0 Å². The van der Waals surface area contributed by atoms with Crippen molar-refractivity contribution in [1.82, 2.24) is 9.62 Å². The summed E-state index contributed by atoms with van der Waals surface area (Å²) >= 11 is 5.58. The number of nitrogens with zero attached hydrogens (tertiary/aromatic N) is 1. The standard InChI is InChI=1S/C13H16ClF3N2O2S/c1-18-7-9-4-5-19(8-9)22(20,21)12-3-2-10(14)6-11(12)13(15,16)17/h2-3,6,9,18H,4-5,7-8H2,1H3/t9-/m0/s1. The Bertz CT molecular complexity index is 649. The fourth-order valence-electron chi connectivity index (χ4n) is 2.56. The highest BCUT2D eigenvalue weighted by Crippen LogP contribution is 2.37. The lowest BCUT2D eigenvalue weighted by Crippen LogP contribution is -2.31. The number of benzene rings is 1. The van der Waals surface area contributed by atoms with Crippen molar-refractivity contribution in [3.63, 3.8) is 0 Å². The van der Waals surface area contributed by atoms with Crippen molar-refractivity contribution in [2.75, 3.05) is 26.7 Å². The number of rotatable bonds is 4. The normalized spacial score (nSPS) is 20.5. The molecule has 0 radical (unpaired) electrons. The summed E-state index contributed by atoms with van der Waals surface area (Å²) in [5.41, 5.74) is -1.22. The van der Waals surface area contributed by atoms with Gasteiger partial charge >= 0.3 is 6.18 Å². The van der Waals surface area contributed by atoms with Crippen LogP contribution in [0.4, 0.5) is 13.2 Å². The van der Waals surface area contributed by atoms with Crippen LogP contribution in [0.25, 0.3) is 0 Å². The molecule has 0 bridgehead atoms. The van der Waals surface area contributed by atoms with Gasteiger partial charge in [-0.15, -0.1) is 0 Å².